The smallest absolute Gasteiger partial charge is 0.223 e. The molecule has 2 saturated heterocycles. The van der Waals surface area contributed by atoms with Crippen molar-refractivity contribution in [3.63, 3.8) is 0 Å². The van der Waals surface area contributed by atoms with Crippen molar-refractivity contribution in [2.75, 3.05) is 57.8 Å². The van der Waals surface area contributed by atoms with Crippen molar-refractivity contribution in [2.24, 2.45) is 0 Å². The lowest BCUT2D eigenvalue weighted by molar-refractivity contribution is -0.133. The Bertz CT molecular complexity index is 507. The van der Waals surface area contributed by atoms with Crippen molar-refractivity contribution in [1.82, 2.24) is 9.80 Å². The van der Waals surface area contributed by atoms with Crippen LogP contribution in [-0.2, 0) is 9.53 Å². The molecule has 2 fully saturated rings. The molecule has 5 nitrogen and oxygen atoms in total. The van der Waals surface area contributed by atoms with E-state index in [0.717, 1.165) is 58.7 Å². The summed E-state index contributed by atoms with van der Waals surface area (Å²) in [5.41, 5.74) is 1.30. The molecule has 3 rings (SSSR count). The van der Waals surface area contributed by atoms with Gasteiger partial charge in [-0.3, -0.25) is 9.69 Å². The van der Waals surface area contributed by atoms with Crippen molar-refractivity contribution in [3.8, 4) is 0 Å². The summed E-state index contributed by atoms with van der Waals surface area (Å²) in [4.78, 5) is 19.2. The van der Waals surface area contributed by atoms with E-state index in [-0.39, 0.29) is 0 Å². The number of anilines is 1. The SMILES string of the molecule is COC1CCN(C(=O)CCN2CCN(c3ccccc3)CC2)CC1. The minimum atomic E-state index is 0.301. The number of benzene rings is 1. The van der Waals surface area contributed by atoms with E-state index in [1.165, 1.54) is 5.69 Å². The molecule has 2 aliphatic rings. The van der Waals surface area contributed by atoms with Gasteiger partial charge in [-0.05, 0) is 25.0 Å². The van der Waals surface area contributed by atoms with E-state index in [0.29, 0.717) is 18.4 Å². The quantitative estimate of drug-likeness (QED) is 0.825. The Hall–Kier alpha value is -1.59. The highest BCUT2D eigenvalue weighted by molar-refractivity contribution is 5.76. The maximum absolute atomic E-state index is 12.4. The Morgan fingerprint density at radius 1 is 1.04 bits per heavy atom. The van der Waals surface area contributed by atoms with Crippen LogP contribution in [0.2, 0.25) is 0 Å². The van der Waals surface area contributed by atoms with E-state index < -0.39 is 0 Å². The molecule has 0 bridgehead atoms. The summed E-state index contributed by atoms with van der Waals surface area (Å²) in [6.45, 7) is 6.72. The number of methoxy groups -OCH3 is 1. The molecule has 2 aliphatic heterocycles. The number of piperidine rings is 1. The van der Waals surface area contributed by atoms with Crippen molar-refractivity contribution < 1.29 is 9.53 Å². The number of piperazine rings is 1. The van der Waals surface area contributed by atoms with Crippen LogP contribution >= 0.6 is 0 Å². The van der Waals surface area contributed by atoms with Gasteiger partial charge in [0.2, 0.25) is 5.91 Å². The summed E-state index contributed by atoms with van der Waals surface area (Å²) in [7, 11) is 1.76. The van der Waals surface area contributed by atoms with Crippen molar-refractivity contribution >= 4 is 11.6 Å². The van der Waals surface area contributed by atoms with Crippen LogP contribution in [0.3, 0.4) is 0 Å². The number of hydrogen-bond acceptors (Lipinski definition) is 4. The fraction of sp³-hybridized carbons (Fsp3) is 0.632. The highest BCUT2D eigenvalue weighted by Gasteiger charge is 2.23. The van der Waals surface area contributed by atoms with Crippen LogP contribution in [0.1, 0.15) is 19.3 Å². The summed E-state index contributed by atoms with van der Waals surface area (Å²) in [6.07, 6.45) is 2.92. The van der Waals surface area contributed by atoms with Crippen molar-refractivity contribution in [2.45, 2.75) is 25.4 Å². The number of amides is 1. The highest BCUT2D eigenvalue weighted by Crippen LogP contribution is 2.16. The maximum atomic E-state index is 12.4. The van der Waals surface area contributed by atoms with Crippen LogP contribution < -0.4 is 4.90 Å². The Labute approximate surface area is 145 Å². The van der Waals surface area contributed by atoms with Gasteiger partial charge in [0.05, 0.1) is 6.10 Å². The molecule has 1 aromatic carbocycles. The van der Waals surface area contributed by atoms with E-state index >= 15 is 0 Å². The first kappa shape index (κ1) is 17.2. The second-order valence-electron chi connectivity index (χ2n) is 6.73. The summed E-state index contributed by atoms with van der Waals surface area (Å²) < 4.78 is 5.37. The largest absolute Gasteiger partial charge is 0.381 e. The van der Waals surface area contributed by atoms with Crippen LogP contribution in [-0.4, -0.2) is 74.7 Å². The average Bonchev–Trinajstić information content (AvgIpc) is 2.67. The first-order chi connectivity index (χ1) is 11.8. The summed E-state index contributed by atoms with van der Waals surface area (Å²) in [6, 6.07) is 10.6. The van der Waals surface area contributed by atoms with Gasteiger partial charge in [-0.25, -0.2) is 0 Å². The first-order valence-electron chi connectivity index (χ1n) is 9.09. The predicted molar refractivity (Wildman–Crippen MR) is 96.3 cm³/mol. The lowest BCUT2D eigenvalue weighted by atomic mass is 10.1. The zero-order valence-corrected chi connectivity index (χ0v) is 14.7. The van der Waals surface area contributed by atoms with Gasteiger partial charge in [-0.15, -0.1) is 0 Å². The number of carbonyl (C=O) groups is 1. The minimum absolute atomic E-state index is 0.301. The standard InChI is InChI=1S/C19H29N3O2/c1-24-18-7-11-22(12-8-18)19(23)9-10-20-13-15-21(16-14-20)17-5-3-2-4-6-17/h2-6,18H,7-16H2,1H3. The normalized spacial score (nSPS) is 20.4. The van der Waals surface area contributed by atoms with Gasteiger partial charge >= 0.3 is 0 Å². The number of hydrogen-bond donors (Lipinski definition) is 0. The third-order valence-electron chi connectivity index (χ3n) is 5.26. The predicted octanol–water partition coefficient (Wildman–Crippen LogP) is 1.84. The summed E-state index contributed by atoms with van der Waals surface area (Å²) in [5.74, 6) is 0.301. The number of para-hydroxylation sites is 1. The molecule has 0 aliphatic carbocycles. The molecule has 0 atom stereocenters. The number of carbonyl (C=O) groups excluding carboxylic acids is 1. The molecule has 132 valence electrons. The molecule has 2 heterocycles. The molecule has 5 heteroatoms. The van der Waals surface area contributed by atoms with Crippen LogP contribution in [0.15, 0.2) is 30.3 Å². The number of ether oxygens (including phenoxy) is 1. The Kier molecular flexibility index (Phi) is 6.10. The molecule has 1 amide bonds. The molecule has 0 aromatic heterocycles. The monoisotopic (exact) mass is 331 g/mol. The van der Waals surface area contributed by atoms with Crippen molar-refractivity contribution in [3.05, 3.63) is 30.3 Å². The minimum Gasteiger partial charge on any atom is -0.381 e. The fourth-order valence-electron chi connectivity index (χ4n) is 3.62. The number of likely N-dealkylation sites (tertiary alicyclic amines) is 1. The fourth-order valence-corrected chi connectivity index (χ4v) is 3.62. The van der Waals surface area contributed by atoms with E-state index in [1.807, 2.05) is 4.90 Å². The summed E-state index contributed by atoms with van der Waals surface area (Å²) >= 11 is 0. The maximum Gasteiger partial charge on any atom is 0.223 e. The Morgan fingerprint density at radius 2 is 1.71 bits per heavy atom. The van der Waals surface area contributed by atoms with Crippen LogP contribution in [0, 0.1) is 0 Å². The lowest BCUT2D eigenvalue weighted by Gasteiger charge is -2.36. The number of nitrogens with zero attached hydrogens (tertiary/aromatic N) is 3. The van der Waals surface area contributed by atoms with E-state index in [1.54, 1.807) is 7.11 Å². The molecule has 0 spiro atoms. The molecule has 0 N–H and O–H groups in total. The molecular weight excluding hydrogens is 302 g/mol. The van der Waals surface area contributed by atoms with Gasteiger partial charge in [0.15, 0.2) is 0 Å². The molecule has 24 heavy (non-hydrogen) atoms. The highest BCUT2D eigenvalue weighted by atomic mass is 16.5. The number of rotatable bonds is 5. The van der Waals surface area contributed by atoms with Crippen molar-refractivity contribution in [1.29, 1.82) is 0 Å². The summed E-state index contributed by atoms with van der Waals surface area (Å²) in [5, 5.41) is 0. The second kappa shape index (κ2) is 8.49. The molecular formula is C19H29N3O2. The topological polar surface area (TPSA) is 36.0 Å². The van der Waals surface area contributed by atoms with Gasteiger partial charge < -0.3 is 14.5 Å². The van der Waals surface area contributed by atoms with E-state index in [9.17, 15) is 4.79 Å². The van der Waals surface area contributed by atoms with Crippen LogP contribution in [0.4, 0.5) is 5.69 Å². The Morgan fingerprint density at radius 3 is 2.33 bits per heavy atom. The van der Waals surface area contributed by atoms with E-state index in [2.05, 4.69) is 40.1 Å². The third-order valence-corrected chi connectivity index (χ3v) is 5.26. The van der Waals surface area contributed by atoms with Crippen LogP contribution in [0.25, 0.3) is 0 Å². The van der Waals surface area contributed by atoms with Gasteiger partial charge in [0.25, 0.3) is 0 Å². The van der Waals surface area contributed by atoms with E-state index in [4.69, 9.17) is 4.74 Å². The molecule has 0 radical (unpaired) electrons. The van der Waals surface area contributed by atoms with Crippen LogP contribution in [0.5, 0.6) is 0 Å². The van der Waals surface area contributed by atoms with Gasteiger partial charge in [-0.2, -0.15) is 0 Å². The lowest BCUT2D eigenvalue weighted by Crippen LogP contribution is -2.48. The van der Waals surface area contributed by atoms with Gasteiger partial charge in [0.1, 0.15) is 0 Å². The molecule has 0 saturated carbocycles. The second-order valence-corrected chi connectivity index (χ2v) is 6.73. The Balaban J connectivity index is 1.37. The average molecular weight is 331 g/mol. The zero-order valence-electron chi connectivity index (χ0n) is 14.7. The zero-order chi connectivity index (χ0) is 16.8. The molecule has 0 unspecified atom stereocenters. The van der Waals surface area contributed by atoms with Gasteiger partial charge in [-0.1, -0.05) is 18.2 Å². The molecule has 1 aromatic rings. The van der Waals surface area contributed by atoms with Gasteiger partial charge in [0, 0.05) is 65.0 Å². The first-order valence-corrected chi connectivity index (χ1v) is 9.09. The third kappa shape index (κ3) is 4.48.